The molecule has 1 radical (unpaired) electrons. The second kappa shape index (κ2) is 9.96. The van der Waals surface area contributed by atoms with Gasteiger partial charge in [0.15, 0.2) is 6.10 Å². The number of fused-ring (bicyclic) bond motifs is 1. The lowest BCUT2D eigenvalue weighted by atomic mass is 10.0. The predicted octanol–water partition coefficient (Wildman–Crippen LogP) is 2.02. The summed E-state index contributed by atoms with van der Waals surface area (Å²) in [4.78, 5) is 37.6. The first kappa shape index (κ1) is 24.4. The summed E-state index contributed by atoms with van der Waals surface area (Å²) in [5.41, 5.74) is -0.708. The maximum Gasteiger partial charge on any atom is 0.408 e. The minimum Gasteiger partial charge on any atom is -0.454 e. The van der Waals surface area contributed by atoms with E-state index in [9.17, 15) is 14.4 Å². The highest BCUT2D eigenvalue weighted by Crippen LogP contribution is 2.28. The molecule has 2 rings (SSSR count). The molecule has 9 nitrogen and oxygen atoms in total. The van der Waals surface area contributed by atoms with E-state index in [0.29, 0.717) is 6.61 Å². The summed E-state index contributed by atoms with van der Waals surface area (Å²) in [6.07, 6.45) is -1.05. The van der Waals surface area contributed by atoms with Crippen molar-refractivity contribution in [3.05, 3.63) is 6.42 Å². The average molecular weight is 429 g/mol. The first-order valence-corrected chi connectivity index (χ1v) is 10.4. The number of nitrogens with one attached hydrogen (secondary N) is 1. The summed E-state index contributed by atoms with van der Waals surface area (Å²) in [6.45, 7) is 12.9. The molecule has 0 spiro atoms. The third-order valence-corrected chi connectivity index (χ3v) is 4.70. The summed E-state index contributed by atoms with van der Waals surface area (Å²) >= 11 is 0. The Bertz CT molecular complexity index is 627. The standard InChI is InChI=1S/C21H34NO8/c1-11(2)15(22-20(25)30-21(5,6)7)18(23)29-16(12(3)4)19(24)28-14-10-27-13-8-9-26-17(13)14/h8,11-17H,9-10H2,1-7H3,(H,22,25)/t13-,14-,15+,16+,17-/m1/s1. The van der Waals surface area contributed by atoms with E-state index in [-0.39, 0.29) is 30.7 Å². The summed E-state index contributed by atoms with van der Waals surface area (Å²) in [5, 5.41) is 2.53. The summed E-state index contributed by atoms with van der Waals surface area (Å²) in [6, 6.07) is -0.971. The summed E-state index contributed by atoms with van der Waals surface area (Å²) in [7, 11) is 0. The first-order valence-electron chi connectivity index (χ1n) is 10.4. The van der Waals surface area contributed by atoms with Gasteiger partial charge in [0, 0.05) is 12.3 Å². The van der Waals surface area contributed by atoms with Gasteiger partial charge in [-0.25, -0.2) is 14.4 Å². The minimum absolute atomic E-state index is 0.189. The molecule has 9 heteroatoms. The van der Waals surface area contributed by atoms with Crippen LogP contribution < -0.4 is 5.32 Å². The molecule has 2 fully saturated rings. The van der Waals surface area contributed by atoms with E-state index in [2.05, 4.69) is 5.32 Å². The van der Waals surface area contributed by atoms with Gasteiger partial charge in [-0.2, -0.15) is 0 Å². The van der Waals surface area contributed by atoms with Crippen LogP contribution in [0.5, 0.6) is 0 Å². The summed E-state index contributed by atoms with van der Waals surface area (Å²) in [5.74, 6) is -1.99. The van der Waals surface area contributed by atoms with Gasteiger partial charge in [-0.3, -0.25) is 0 Å². The van der Waals surface area contributed by atoms with Crippen LogP contribution in [-0.2, 0) is 33.3 Å². The van der Waals surface area contributed by atoms with Crippen LogP contribution >= 0.6 is 0 Å². The highest BCUT2D eigenvalue weighted by Gasteiger charge is 2.45. The Morgan fingerprint density at radius 3 is 2.27 bits per heavy atom. The van der Waals surface area contributed by atoms with Gasteiger partial charge in [0.25, 0.3) is 0 Å². The Hall–Kier alpha value is -1.87. The molecule has 2 heterocycles. The number of hydrogen-bond donors (Lipinski definition) is 1. The highest BCUT2D eigenvalue weighted by molar-refractivity contribution is 5.85. The molecule has 0 unspecified atom stereocenters. The second-order valence-electron chi connectivity index (χ2n) is 9.28. The number of hydrogen-bond acceptors (Lipinski definition) is 8. The largest absolute Gasteiger partial charge is 0.454 e. The van der Waals surface area contributed by atoms with E-state index in [1.807, 2.05) is 6.42 Å². The van der Waals surface area contributed by atoms with Gasteiger partial charge in [-0.1, -0.05) is 27.7 Å². The first-order chi connectivity index (χ1) is 13.9. The molecular weight excluding hydrogens is 394 g/mol. The molecule has 0 aromatic heterocycles. The fourth-order valence-corrected chi connectivity index (χ4v) is 3.18. The van der Waals surface area contributed by atoms with Crippen molar-refractivity contribution in [2.75, 3.05) is 13.2 Å². The smallest absolute Gasteiger partial charge is 0.408 e. The Labute approximate surface area is 178 Å². The SMILES string of the molecule is CC(C)[C@H](NC(=O)OC(C)(C)C)C(=O)O[C@H](C(=O)O[C@@H]1CO[C@@H]2[CH]CO[C@H]21)C(C)C. The van der Waals surface area contributed by atoms with Gasteiger partial charge in [-0.15, -0.1) is 0 Å². The van der Waals surface area contributed by atoms with Crippen molar-refractivity contribution in [3.8, 4) is 0 Å². The molecule has 171 valence electrons. The fourth-order valence-electron chi connectivity index (χ4n) is 3.18. The molecule has 1 amide bonds. The molecule has 30 heavy (non-hydrogen) atoms. The van der Waals surface area contributed by atoms with E-state index >= 15 is 0 Å². The van der Waals surface area contributed by atoms with Crippen LogP contribution in [0.15, 0.2) is 0 Å². The van der Waals surface area contributed by atoms with Gasteiger partial charge >= 0.3 is 18.0 Å². The lowest BCUT2D eigenvalue weighted by Gasteiger charge is -2.28. The van der Waals surface area contributed by atoms with Crippen LogP contribution in [0.4, 0.5) is 4.79 Å². The van der Waals surface area contributed by atoms with E-state index in [0.717, 1.165) is 0 Å². The number of esters is 2. The van der Waals surface area contributed by atoms with Crippen molar-refractivity contribution in [1.29, 1.82) is 0 Å². The van der Waals surface area contributed by atoms with Gasteiger partial charge in [0.1, 0.15) is 17.7 Å². The Balaban J connectivity index is 1.99. The second-order valence-corrected chi connectivity index (χ2v) is 9.28. The highest BCUT2D eigenvalue weighted by atomic mass is 16.6. The molecule has 0 aromatic carbocycles. The van der Waals surface area contributed by atoms with Crippen LogP contribution in [-0.4, -0.2) is 67.3 Å². The molecular formula is C21H34NO8. The van der Waals surface area contributed by atoms with Gasteiger partial charge in [0.2, 0.25) is 6.10 Å². The van der Waals surface area contributed by atoms with Crippen LogP contribution in [0.3, 0.4) is 0 Å². The Kier molecular flexibility index (Phi) is 8.10. The van der Waals surface area contributed by atoms with E-state index in [1.165, 1.54) is 0 Å². The van der Waals surface area contributed by atoms with E-state index in [4.69, 9.17) is 23.7 Å². The normalized spacial score (nSPS) is 25.6. The van der Waals surface area contributed by atoms with Gasteiger partial charge in [-0.05, 0) is 26.7 Å². The number of carbonyl (C=O) groups is 3. The Morgan fingerprint density at radius 1 is 1.03 bits per heavy atom. The maximum atomic E-state index is 12.8. The Morgan fingerprint density at radius 2 is 1.70 bits per heavy atom. The zero-order valence-corrected chi connectivity index (χ0v) is 18.8. The quantitative estimate of drug-likeness (QED) is 0.484. The lowest BCUT2D eigenvalue weighted by molar-refractivity contribution is -0.179. The van der Waals surface area contributed by atoms with Crippen molar-refractivity contribution >= 4 is 18.0 Å². The zero-order chi connectivity index (χ0) is 22.6. The van der Waals surface area contributed by atoms with Crippen LogP contribution in [0.2, 0.25) is 0 Å². The molecule has 1 N–H and O–H groups in total. The van der Waals surface area contributed by atoms with Crippen molar-refractivity contribution < 1.29 is 38.1 Å². The lowest BCUT2D eigenvalue weighted by Crippen LogP contribution is -2.49. The molecule has 0 saturated carbocycles. The minimum atomic E-state index is -1.12. The number of carbonyl (C=O) groups excluding carboxylic acids is 3. The summed E-state index contributed by atoms with van der Waals surface area (Å²) < 4.78 is 27.3. The van der Waals surface area contributed by atoms with Gasteiger partial charge < -0.3 is 29.0 Å². The molecule has 0 bridgehead atoms. The van der Waals surface area contributed by atoms with Crippen LogP contribution in [0.25, 0.3) is 0 Å². The molecule has 2 aliphatic rings. The number of ether oxygens (including phenoxy) is 5. The molecule has 5 atom stereocenters. The van der Waals surface area contributed by atoms with Gasteiger partial charge in [0.05, 0.1) is 19.3 Å². The van der Waals surface area contributed by atoms with Crippen molar-refractivity contribution in [1.82, 2.24) is 5.32 Å². The van der Waals surface area contributed by atoms with Crippen molar-refractivity contribution in [3.63, 3.8) is 0 Å². The predicted molar refractivity (Wildman–Crippen MR) is 106 cm³/mol. The van der Waals surface area contributed by atoms with Crippen LogP contribution in [0.1, 0.15) is 48.5 Å². The topological polar surface area (TPSA) is 109 Å². The monoisotopic (exact) mass is 428 g/mol. The van der Waals surface area contributed by atoms with Crippen molar-refractivity contribution in [2.24, 2.45) is 11.8 Å². The van der Waals surface area contributed by atoms with E-state index in [1.54, 1.807) is 48.5 Å². The van der Waals surface area contributed by atoms with E-state index < -0.39 is 41.9 Å². The average Bonchev–Trinajstić information content (AvgIpc) is 3.20. The molecule has 2 aliphatic heterocycles. The number of alkyl carbamates (subject to hydrolysis) is 1. The molecule has 0 aliphatic carbocycles. The van der Waals surface area contributed by atoms with Crippen LogP contribution in [0, 0.1) is 18.3 Å². The third-order valence-electron chi connectivity index (χ3n) is 4.70. The van der Waals surface area contributed by atoms with Crippen molar-refractivity contribution in [2.45, 2.75) is 84.5 Å². The molecule has 0 aromatic rings. The third kappa shape index (κ3) is 6.57. The maximum absolute atomic E-state index is 12.8. The number of rotatable bonds is 7. The number of amides is 1. The fraction of sp³-hybridized carbons (Fsp3) is 0.810. The molecule has 2 saturated heterocycles. The zero-order valence-electron chi connectivity index (χ0n) is 18.8.